The summed E-state index contributed by atoms with van der Waals surface area (Å²) in [5.74, 6) is -2.46. The van der Waals surface area contributed by atoms with Crippen LogP contribution in [0.3, 0.4) is 0 Å². The van der Waals surface area contributed by atoms with Gasteiger partial charge < -0.3 is 15.3 Å². The molecule has 3 N–H and O–H groups in total. The first-order valence-corrected chi connectivity index (χ1v) is 8.75. The van der Waals surface area contributed by atoms with Crippen molar-refractivity contribution in [1.29, 1.82) is 0 Å². The van der Waals surface area contributed by atoms with Gasteiger partial charge in [-0.15, -0.1) is 21.6 Å². The van der Waals surface area contributed by atoms with Gasteiger partial charge in [0.15, 0.2) is 0 Å². The smallest absolute Gasteiger partial charge is 0.275 e. The molecule has 0 amide bonds. The largest absolute Gasteiger partial charge is 0.344 e. The molecule has 124 valence electrons. The molecule has 0 aliphatic carbocycles. The van der Waals surface area contributed by atoms with Gasteiger partial charge >= 0.3 is 0 Å². The van der Waals surface area contributed by atoms with Gasteiger partial charge in [0.2, 0.25) is 0 Å². The maximum atomic E-state index is 8.70. The molecule has 0 aromatic rings. The van der Waals surface area contributed by atoms with Crippen LogP contribution in [0.1, 0.15) is 83.5 Å². The molecule has 0 aliphatic rings. The third-order valence-electron chi connectivity index (χ3n) is 3.47. The van der Waals surface area contributed by atoms with Crippen LogP contribution in [-0.2, 0) is 0 Å². The molecule has 0 aromatic carbocycles. The Labute approximate surface area is 133 Å². The first kappa shape index (κ1) is 22.9. The summed E-state index contributed by atoms with van der Waals surface area (Å²) in [4.78, 5) is 0. The summed E-state index contributed by atoms with van der Waals surface area (Å²) in [5, 5.41) is 26.1. The fourth-order valence-electron chi connectivity index (χ4n) is 2.27. The maximum absolute atomic E-state index is 8.70. The van der Waals surface area contributed by atoms with Crippen molar-refractivity contribution in [1.82, 2.24) is 0 Å². The number of rotatable bonds is 14. The van der Waals surface area contributed by atoms with E-state index in [0.717, 1.165) is 12.8 Å². The predicted octanol–water partition coefficient (Wildman–Crippen LogP) is 3.99. The summed E-state index contributed by atoms with van der Waals surface area (Å²) in [6.07, 6.45) is 16.1. The first-order chi connectivity index (χ1) is 9.06. The zero-order chi connectivity index (χ0) is 14.4. The molecule has 20 heavy (non-hydrogen) atoms. The van der Waals surface area contributed by atoms with E-state index in [-0.39, 0.29) is 18.8 Å². The third-order valence-corrected chi connectivity index (χ3v) is 3.87. The van der Waals surface area contributed by atoms with Crippen LogP contribution in [0.15, 0.2) is 0 Å². The average molecular weight is 329 g/mol. The molecule has 0 aliphatic heterocycles. The number of aliphatic hydroxyl groups is 3. The Morgan fingerprint density at radius 1 is 0.550 bits per heavy atom. The van der Waals surface area contributed by atoms with Crippen molar-refractivity contribution in [3.63, 3.8) is 0 Å². The Balaban J connectivity index is 0. The van der Waals surface area contributed by atoms with Gasteiger partial charge in [-0.25, -0.2) is 0 Å². The van der Waals surface area contributed by atoms with E-state index >= 15 is 0 Å². The van der Waals surface area contributed by atoms with Gasteiger partial charge in [0.25, 0.3) is 5.97 Å². The van der Waals surface area contributed by atoms with E-state index < -0.39 is 5.97 Å². The quantitative estimate of drug-likeness (QED) is 0.257. The minimum atomic E-state index is -2.46. The van der Waals surface area contributed by atoms with E-state index in [0.29, 0.717) is 6.42 Å². The van der Waals surface area contributed by atoms with Gasteiger partial charge in [-0.05, 0) is 19.0 Å². The molecule has 1 atom stereocenters. The van der Waals surface area contributed by atoms with E-state index in [2.05, 4.69) is 9.24 Å². The van der Waals surface area contributed by atoms with Crippen LogP contribution >= 0.6 is 21.6 Å². The van der Waals surface area contributed by atoms with Crippen LogP contribution in [-0.4, -0.2) is 27.5 Å². The zero-order valence-electron chi connectivity index (χ0n) is 12.7. The number of halogens is 1. The topological polar surface area (TPSA) is 60.7 Å². The monoisotopic (exact) mass is 328 g/mol. The predicted molar refractivity (Wildman–Crippen MR) is 91.2 cm³/mol. The van der Waals surface area contributed by atoms with E-state index in [9.17, 15) is 0 Å². The third kappa shape index (κ3) is 20.9. The lowest BCUT2D eigenvalue weighted by atomic mass is 10.0. The average Bonchev–Trinajstić information content (AvgIpc) is 2.34. The van der Waals surface area contributed by atoms with Crippen LogP contribution in [0, 0.1) is 0 Å². The van der Waals surface area contributed by atoms with Crippen LogP contribution < -0.4 is 0 Å². The summed E-state index contributed by atoms with van der Waals surface area (Å²) >= 11 is 0. The highest BCUT2D eigenvalue weighted by atomic mass is 35.5. The van der Waals surface area contributed by atoms with Crippen LogP contribution in [0.25, 0.3) is 0 Å². The molecule has 3 nitrogen and oxygen atoms in total. The molecule has 0 fully saturated rings. The lowest BCUT2D eigenvalue weighted by Gasteiger charge is -2.12. The summed E-state index contributed by atoms with van der Waals surface area (Å²) in [6.45, 7) is 0. The van der Waals surface area contributed by atoms with Gasteiger partial charge in [0.1, 0.15) is 0 Å². The molecule has 0 heterocycles. The summed E-state index contributed by atoms with van der Waals surface area (Å²) in [6, 6.07) is 0. The SMILES string of the molecule is Cl.OC(O)(O)CCCCCCCCCCCCCCP. The molecule has 0 aromatic heterocycles. The highest BCUT2D eigenvalue weighted by Crippen LogP contribution is 2.14. The van der Waals surface area contributed by atoms with Gasteiger partial charge in [0, 0.05) is 6.42 Å². The molecule has 0 radical (unpaired) electrons. The molecule has 0 saturated heterocycles. The molecule has 0 saturated carbocycles. The van der Waals surface area contributed by atoms with Crippen molar-refractivity contribution in [3.05, 3.63) is 0 Å². The van der Waals surface area contributed by atoms with Gasteiger partial charge in [0.05, 0.1) is 0 Å². The van der Waals surface area contributed by atoms with E-state index in [1.807, 2.05) is 0 Å². The molecule has 1 unspecified atom stereocenters. The summed E-state index contributed by atoms with van der Waals surface area (Å²) in [7, 11) is 2.78. The minimum absolute atomic E-state index is 0. The van der Waals surface area contributed by atoms with Crippen LogP contribution in [0.5, 0.6) is 0 Å². The van der Waals surface area contributed by atoms with E-state index in [4.69, 9.17) is 15.3 Å². The Hall–Kier alpha value is 0.600. The van der Waals surface area contributed by atoms with Crippen molar-refractivity contribution < 1.29 is 15.3 Å². The Bertz CT molecular complexity index is 186. The minimum Gasteiger partial charge on any atom is -0.344 e. The fraction of sp³-hybridized carbons (Fsp3) is 1.00. The van der Waals surface area contributed by atoms with Crippen molar-refractivity contribution >= 4 is 21.6 Å². The Morgan fingerprint density at radius 3 is 1.15 bits per heavy atom. The highest BCUT2D eigenvalue weighted by molar-refractivity contribution is 7.16. The molecule has 0 bridgehead atoms. The van der Waals surface area contributed by atoms with Crippen molar-refractivity contribution in [2.24, 2.45) is 0 Å². The number of hydrogen-bond donors (Lipinski definition) is 3. The molecule has 0 rings (SSSR count). The second-order valence-corrected chi connectivity index (χ2v) is 6.13. The first-order valence-electron chi connectivity index (χ1n) is 7.93. The summed E-state index contributed by atoms with van der Waals surface area (Å²) in [5.41, 5.74) is 0. The lowest BCUT2D eigenvalue weighted by molar-refractivity contribution is -0.315. The van der Waals surface area contributed by atoms with Crippen molar-refractivity contribution in [2.45, 2.75) is 89.4 Å². The highest BCUT2D eigenvalue weighted by Gasteiger charge is 2.16. The zero-order valence-corrected chi connectivity index (χ0v) is 14.7. The van der Waals surface area contributed by atoms with E-state index in [1.54, 1.807) is 0 Å². The summed E-state index contributed by atoms with van der Waals surface area (Å²) < 4.78 is 0. The molecular weight excluding hydrogens is 295 g/mol. The fourth-order valence-corrected chi connectivity index (χ4v) is 2.56. The van der Waals surface area contributed by atoms with Gasteiger partial charge in [-0.2, -0.15) is 0 Å². The second-order valence-electron chi connectivity index (χ2n) is 5.56. The van der Waals surface area contributed by atoms with Crippen LogP contribution in [0.2, 0.25) is 0 Å². The van der Waals surface area contributed by atoms with Crippen molar-refractivity contribution in [3.8, 4) is 0 Å². The molecular formula is C15H34ClO3P. The van der Waals surface area contributed by atoms with E-state index in [1.165, 1.54) is 63.9 Å². The van der Waals surface area contributed by atoms with Gasteiger partial charge in [-0.1, -0.05) is 64.2 Å². The number of unbranched alkanes of at least 4 members (excludes halogenated alkanes) is 11. The Kier molecular flexibility index (Phi) is 18.3. The standard InChI is InChI=1S/C15H33O3P.ClH/c16-15(17,18)13-11-9-7-5-3-1-2-4-6-8-10-12-14-19;/h16-18H,1-14,19H2;1H. The van der Waals surface area contributed by atoms with Crippen molar-refractivity contribution in [2.75, 3.05) is 6.16 Å². The molecule has 0 spiro atoms. The second kappa shape index (κ2) is 16.0. The van der Waals surface area contributed by atoms with Crippen LogP contribution in [0.4, 0.5) is 0 Å². The number of hydrogen-bond acceptors (Lipinski definition) is 3. The Morgan fingerprint density at radius 2 is 0.850 bits per heavy atom. The maximum Gasteiger partial charge on any atom is 0.275 e. The van der Waals surface area contributed by atoms with Gasteiger partial charge in [-0.3, -0.25) is 0 Å². The normalized spacial score (nSPS) is 11.4. The molecule has 5 heteroatoms. The lowest BCUT2D eigenvalue weighted by Crippen LogP contribution is -2.26.